The van der Waals surface area contributed by atoms with Gasteiger partial charge in [-0.05, 0) is 31.2 Å². The number of ketones is 1. The van der Waals surface area contributed by atoms with E-state index in [-0.39, 0.29) is 11.3 Å². The molecule has 146 valence electrons. The molecule has 0 saturated carbocycles. The van der Waals surface area contributed by atoms with Crippen molar-refractivity contribution in [2.75, 3.05) is 4.90 Å². The number of hydrogen-bond donors (Lipinski definition) is 0. The third-order valence-electron chi connectivity index (χ3n) is 5.28. The highest BCUT2D eigenvalue weighted by atomic mass is 16.2. The maximum Gasteiger partial charge on any atom is 0.267 e. The number of imide groups is 1. The summed E-state index contributed by atoms with van der Waals surface area (Å²) in [5.41, 5.74) is 3.43. The topological polar surface area (TPSA) is 85.2 Å². The summed E-state index contributed by atoms with van der Waals surface area (Å²) < 4.78 is 1.61. The number of pyridine rings is 1. The van der Waals surface area contributed by atoms with Crippen LogP contribution in [0.1, 0.15) is 38.0 Å². The van der Waals surface area contributed by atoms with Crippen molar-refractivity contribution in [3.8, 4) is 11.3 Å². The van der Waals surface area contributed by atoms with Gasteiger partial charge in [-0.2, -0.15) is 5.10 Å². The maximum atomic E-state index is 13.4. The van der Waals surface area contributed by atoms with Gasteiger partial charge in [-0.15, -0.1) is 0 Å². The fourth-order valence-electron chi connectivity index (χ4n) is 3.80. The summed E-state index contributed by atoms with van der Waals surface area (Å²) in [6.07, 6.45) is 1.43. The minimum absolute atomic E-state index is 0.0855. The van der Waals surface area contributed by atoms with Gasteiger partial charge >= 0.3 is 0 Å². The number of anilines is 1. The van der Waals surface area contributed by atoms with E-state index in [1.165, 1.54) is 13.1 Å². The fourth-order valence-corrected chi connectivity index (χ4v) is 3.80. The smallest absolute Gasteiger partial charge is 0.267 e. The van der Waals surface area contributed by atoms with Crippen molar-refractivity contribution in [3.05, 3.63) is 77.5 Å². The molecule has 0 saturated heterocycles. The highest BCUT2D eigenvalue weighted by molar-refractivity contribution is 6.38. The molecule has 0 radical (unpaired) electrons. The predicted molar refractivity (Wildman–Crippen MR) is 112 cm³/mol. The zero-order valence-electron chi connectivity index (χ0n) is 16.3. The second-order valence-electron chi connectivity index (χ2n) is 7.13. The Hall–Kier alpha value is -4.13. The van der Waals surface area contributed by atoms with Crippen molar-refractivity contribution in [2.45, 2.75) is 6.92 Å². The maximum absolute atomic E-state index is 13.4. The van der Waals surface area contributed by atoms with Gasteiger partial charge in [0.05, 0.1) is 22.2 Å². The molecule has 5 rings (SSSR count). The summed E-state index contributed by atoms with van der Waals surface area (Å²) in [5, 5.41) is 5.12. The molecule has 0 fully saturated rings. The SMILES string of the molecule is CC(=O)c1ccc(N2C(=O)c3cnc4c(c(-c5ccccc5)nn4C)c3C2=O)cc1. The molecule has 0 aliphatic carbocycles. The largest absolute Gasteiger partial charge is 0.295 e. The lowest BCUT2D eigenvalue weighted by Crippen LogP contribution is -2.29. The van der Waals surface area contributed by atoms with E-state index in [0.717, 1.165) is 10.5 Å². The minimum atomic E-state index is -0.442. The van der Waals surface area contributed by atoms with Gasteiger partial charge in [0.2, 0.25) is 0 Å². The first-order valence-corrected chi connectivity index (χ1v) is 9.38. The molecule has 3 heterocycles. The van der Waals surface area contributed by atoms with E-state index in [1.54, 1.807) is 36.0 Å². The van der Waals surface area contributed by atoms with E-state index in [9.17, 15) is 14.4 Å². The molecule has 0 unspecified atom stereocenters. The first-order chi connectivity index (χ1) is 14.5. The van der Waals surface area contributed by atoms with Gasteiger partial charge in [-0.3, -0.25) is 14.4 Å². The molecule has 0 bridgehead atoms. The molecule has 0 spiro atoms. The van der Waals surface area contributed by atoms with Crippen molar-refractivity contribution in [1.29, 1.82) is 0 Å². The molecule has 1 aliphatic heterocycles. The van der Waals surface area contributed by atoms with E-state index >= 15 is 0 Å². The third kappa shape index (κ3) is 2.49. The Balaban J connectivity index is 1.71. The second-order valence-corrected chi connectivity index (χ2v) is 7.13. The number of aromatic nitrogens is 3. The molecule has 7 nitrogen and oxygen atoms in total. The third-order valence-corrected chi connectivity index (χ3v) is 5.28. The normalized spacial score (nSPS) is 13.2. The molecular formula is C23H16N4O3. The number of fused-ring (bicyclic) bond motifs is 3. The van der Waals surface area contributed by atoms with Crippen LogP contribution in [0.25, 0.3) is 22.3 Å². The van der Waals surface area contributed by atoms with E-state index in [4.69, 9.17) is 0 Å². The van der Waals surface area contributed by atoms with Crippen LogP contribution in [-0.4, -0.2) is 32.4 Å². The van der Waals surface area contributed by atoms with E-state index in [2.05, 4.69) is 10.1 Å². The molecule has 1 aliphatic rings. The zero-order valence-corrected chi connectivity index (χ0v) is 16.3. The van der Waals surface area contributed by atoms with E-state index < -0.39 is 11.8 Å². The van der Waals surface area contributed by atoms with Gasteiger partial charge < -0.3 is 0 Å². The van der Waals surface area contributed by atoms with Gasteiger partial charge in [0.1, 0.15) is 5.69 Å². The highest BCUT2D eigenvalue weighted by Crippen LogP contribution is 2.37. The molecule has 30 heavy (non-hydrogen) atoms. The first-order valence-electron chi connectivity index (χ1n) is 9.38. The molecule has 0 N–H and O–H groups in total. The molecular weight excluding hydrogens is 380 g/mol. The number of rotatable bonds is 3. The summed E-state index contributed by atoms with van der Waals surface area (Å²) in [6.45, 7) is 1.47. The molecule has 2 aromatic heterocycles. The van der Waals surface area contributed by atoms with Gasteiger partial charge in [0.25, 0.3) is 11.8 Å². The number of hydrogen-bond acceptors (Lipinski definition) is 5. The van der Waals surface area contributed by atoms with E-state index in [0.29, 0.717) is 33.5 Å². The molecule has 2 amide bonds. The monoisotopic (exact) mass is 396 g/mol. The van der Waals surface area contributed by atoms with Crippen LogP contribution < -0.4 is 4.90 Å². The van der Waals surface area contributed by atoms with E-state index in [1.807, 2.05) is 30.3 Å². The molecule has 4 aromatic rings. The van der Waals surface area contributed by atoms with Crippen LogP contribution in [0.4, 0.5) is 5.69 Å². The fraction of sp³-hybridized carbons (Fsp3) is 0.0870. The van der Waals surface area contributed by atoms with Crippen molar-refractivity contribution < 1.29 is 14.4 Å². The number of amides is 2. The van der Waals surface area contributed by atoms with Gasteiger partial charge in [0, 0.05) is 24.4 Å². The van der Waals surface area contributed by atoms with Gasteiger partial charge in [0.15, 0.2) is 11.4 Å². The average molecular weight is 396 g/mol. The predicted octanol–water partition coefficient (Wildman–Crippen LogP) is 3.64. The van der Waals surface area contributed by atoms with Crippen molar-refractivity contribution in [3.63, 3.8) is 0 Å². The molecule has 2 aromatic carbocycles. The van der Waals surface area contributed by atoms with Crippen LogP contribution in [-0.2, 0) is 7.05 Å². The van der Waals surface area contributed by atoms with Crippen molar-refractivity contribution >= 4 is 34.3 Å². The zero-order chi connectivity index (χ0) is 21.0. The van der Waals surface area contributed by atoms with Crippen LogP contribution in [0, 0.1) is 0 Å². The summed E-state index contributed by atoms with van der Waals surface area (Å²) in [6, 6.07) is 15.9. The summed E-state index contributed by atoms with van der Waals surface area (Å²) in [5.74, 6) is -0.955. The standard InChI is InChI=1S/C23H16N4O3/c1-13(28)14-8-10-16(11-9-14)27-22(29)17-12-24-21-19(18(17)23(27)30)20(25-26(21)2)15-6-4-3-5-7-15/h3-12H,1-2H3. The van der Waals surface area contributed by atoms with Crippen LogP contribution in [0.2, 0.25) is 0 Å². The summed E-state index contributed by atoms with van der Waals surface area (Å²) in [4.78, 5) is 43.6. The Morgan fingerprint density at radius 1 is 0.933 bits per heavy atom. The van der Waals surface area contributed by atoms with Crippen LogP contribution >= 0.6 is 0 Å². The number of carbonyl (C=O) groups is 3. The number of benzene rings is 2. The summed E-state index contributed by atoms with van der Waals surface area (Å²) in [7, 11) is 1.76. The minimum Gasteiger partial charge on any atom is -0.295 e. The molecule has 7 heteroatoms. The number of aryl methyl sites for hydroxylation is 1. The second kappa shape index (κ2) is 6.45. The van der Waals surface area contributed by atoms with Crippen LogP contribution in [0.5, 0.6) is 0 Å². The average Bonchev–Trinajstić information content (AvgIpc) is 3.23. The van der Waals surface area contributed by atoms with Crippen LogP contribution in [0.15, 0.2) is 60.8 Å². The quantitative estimate of drug-likeness (QED) is 0.390. The molecule has 0 atom stereocenters. The van der Waals surface area contributed by atoms with Crippen molar-refractivity contribution in [1.82, 2.24) is 14.8 Å². The lowest BCUT2D eigenvalue weighted by atomic mass is 10.0. The Kier molecular flexibility index (Phi) is 3.86. The first kappa shape index (κ1) is 17.9. The lowest BCUT2D eigenvalue weighted by molar-refractivity contribution is 0.0925. The van der Waals surface area contributed by atoms with Crippen molar-refractivity contribution in [2.24, 2.45) is 7.05 Å². The lowest BCUT2D eigenvalue weighted by Gasteiger charge is -2.14. The Morgan fingerprint density at radius 2 is 1.63 bits per heavy atom. The highest BCUT2D eigenvalue weighted by Gasteiger charge is 2.40. The number of Topliss-reactive ketones (excluding diaryl/α,β-unsaturated/α-hetero) is 1. The Bertz CT molecular complexity index is 1350. The Morgan fingerprint density at radius 3 is 2.30 bits per heavy atom. The van der Waals surface area contributed by atoms with Gasteiger partial charge in [-0.1, -0.05) is 30.3 Å². The number of carbonyl (C=O) groups excluding carboxylic acids is 3. The summed E-state index contributed by atoms with van der Waals surface area (Å²) >= 11 is 0. The van der Waals surface area contributed by atoms with Gasteiger partial charge in [-0.25, -0.2) is 14.6 Å². The number of nitrogens with zero attached hydrogens (tertiary/aromatic N) is 4. The van der Waals surface area contributed by atoms with Crippen LogP contribution in [0.3, 0.4) is 0 Å². The Labute approximate surface area is 171 Å².